The van der Waals surface area contributed by atoms with Gasteiger partial charge in [0, 0.05) is 6.54 Å². The summed E-state index contributed by atoms with van der Waals surface area (Å²) in [6.45, 7) is 0.704. The number of sulfonamides is 1. The van der Waals surface area contributed by atoms with E-state index in [1.54, 1.807) is 0 Å². The summed E-state index contributed by atoms with van der Waals surface area (Å²) in [4.78, 5) is 15.8. The molecule has 0 bridgehead atoms. The third kappa shape index (κ3) is 2.53. The summed E-state index contributed by atoms with van der Waals surface area (Å²) >= 11 is 0. The number of rotatable bonds is 3. The molecule has 1 heterocycles. The van der Waals surface area contributed by atoms with Gasteiger partial charge in [0.1, 0.15) is 0 Å². The van der Waals surface area contributed by atoms with Crippen molar-refractivity contribution < 1.29 is 23.2 Å². The summed E-state index contributed by atoms with van der Waals surface area (Å²) in [5, 5.41) is 8.74. The first-order valence-corrected chi connectivity index (χ1v) is 6.95. The summed E-state index contributed by atoms with van der Waals surface area (Å²) in [5.74, 6) is -1.09. The molecule has 1 aliphatic heterocycles. The van der Waals surface area contributed by atoms with E-state index in [1.165, 1.54) is 24.3 Å². The van der Waals surface area contributed by atoms with Crippen LogP contribution in [0.15, 0.2) is 29.2 Å². The third-order valence-corrected chi connectivity index (χ3v) is 4.33. The lowest BCUT2D eigenvalue weighted by molar-refractivity contribution is -0.108. The Morgan fingerprint density at radius 3 is 2.39 bits per heavy atom. The Balaban J connectivity index is 2.26. The van der Waals surface area contributed by atoms with Gasteiger partial charge in [0.2, 0.25) is 0 Å². The second-order valence-electron chi connectivity index (χ2n) is 3.90. The zero-order chi connectivity index (χ0) is 13.2. The summed E-state index contributed by atoms with van der Waals surface area (Å²) < 4.78 is 25.2. The molecule has 1 aromatic rings. The first-order valence-electron chi connectivity index (χ1n) is 5.51. The minimum atomic E-state index is -3.69. The molecule has 1 N–H and O–H groups in total. The van der Waals surface area contributed by atoms with E-state index in [9.17, 15) is 13.2 Å². The smallest absolute Gasteiger partial charge is 0.335 e. The minimum Gasteiger partial charge on any atom is -0.478 e. The van der Waals surface area contributed by atoms with Crippen LogP contribution in [0.2, 0.25) is 0 Å². The van der Waals surface area contributed by atoms with Crippen LogP contribution in [0.25, 0.3) is 0 Å². The molecule has 0 saturated carbocycles. The summed E-state index contributed by atoms with van der Waals surface area (Å²) in [6, 6.07) is 5.08. The van der Waals surface area contributed by atoms with E-state index in [2.05, 4.69) is 0 Å². The molecule has 6 nitrogen and oxygen atoms in total. The fraction of sp³-hybridized carbons (Fsp3) is 0.364. The number of aromatic carboxylic acids is 1. The first-order chi connectivity index (χ1) is 8.51. The number of nitrogens with zero attached hydrogens (tertiary/aromatic N) is 1. The second-order valence-corrected chi connectivity index (χ2v) is 5.73. The molecule has 1 saturated heterocycles. The van der Waals surface area contributed by atoms with Gasteiger partial charge in [-0.25, -0.2) is 13.2 Å². The lowest BCUT2D eigenvalue weighted by atomic mass is 10.2. The van der Waals surface area contributed by atoms with E-state index in [4.69, 9.17) is 9.94 Å². The maximum absolute atomic E-state index is 12.1. The van der Waals surface area contributed by atoms with Gasteiger partial charge in [-0.2, -0.15) is 0 Å². The van der Waals surface area contributed by atoms with Crippen molar-refractivity contribution in [2.24, 2.45) is 0 Å². The molecule has 0 radical (unpaired) electrons. The van der Waals surface area contributed by atoms with Gasteiger partial charge in [-0.15, -0.1) is 0 Å². The summed E-state index contributed by atoms with van der Waals surface area (Å²) in [5.41, 5.74) is 0.0495. The van der Waals surface area contributed by atoms with Crippen molar-refractivity contribution in [3.05, 3.63) is 29.8 Å². The number of hydroxylamine groups is 1. The molecule has 2 rings (SSSR count). The minimum absolute atomic E-state index is 0.0365. The van der Waals surface area contributed by atoms with Gasteiger partial charge in [-0.05, 0) is 37.1 Å². The molecule has 7 heteroatoms. The van der Waals surface area contributed by atoms with Crippen molar-refractivity contribution in [2.75, 3.05) is 13.2 Å². The van der Waals surface area contributed by atoms with Crippen LogP contribution in [0, 0.1) is 0 Å². The summed E-state index contributed by atoms with van der Waals surface area (Å²) in [6.07, 6.45) is 1.59. The molecule has 98 valence electrons. The van der Waals surface area contributed by atoms with Crippen LogP contribution in [0.3, 0.4) is 0 Å². The van der Waals surface area contributed by atoms with Crippen LogP contribution in [0.5, 0.6) is 0 Å². The highest BCUT2D eigenvalue weighted by Gasteiger charge is 2.27. The third-order valence-electron chi connectivity index (χ3n) is 2.64. The molecule has 1 fully saturated rings. The van der Waals surface area contributed by atoms with Crippen LogP contribution in [-0.4, -0.2) is 37.1 Å². The normalized spacial score (nSPS) is 17.6. The number of hydrogen-bond donors (Lipinski definition) is 1. The molecular weight excluding hydrogens is 258 g/mol. The molecule has 0 unspecified atom stereocenters. The Bertz CT molecular complexity index is 531. The van der Waals surface area contributed by atoms with Gasteiger partial charge < -0.3 is 5.11 Å². The average Bonchev–Trinajstić information content (AvgIpc) is 2.40. The molecule has 1 aromatic carbocycles. The molecule has 0 aliphatic carbocycles. The maximum atomic E-state index is 12.1. The van der Waals surface area contributed by atoms with Crippen molar-refractivity contribution in [3.63, 3.8) is 0 Å². The van der Waals surface area contributed by atoms with E-state index in [0.29, 0.717) is 13.2 Å². The van der Waals surface area contributed by atoms with Gasteiger partial charge in [0.15, 0.2) is 0 Å². The Labute approximate surface area is 105 Å². The fourth-order valence-corrected chi connectivity index (χ4v) is 2.95. The van der Waals surface area contributed by atoms with Crippen LogP contribution < -0.4 is 0 Å². The number of carbonyl (C=O) groups is 1. The van der Waals surface area contributed by atoms with Gasteiger partial charge in [-0.1, -0.05) is 4.47 Å². The molecule has 18 heavy (non-hydrogen) atoms. The zero-order valence-electron chi connectivity index (χ0n) is 9.57. The lowest BCUT2D eigenvalue weighted by Crippen LogP contribution is -2.35. The highest BCUT2D eigenvalue weighted by molar-refractivity contribution is 7.89. The standard InChI is InChI=1S/C11H13NO5S/c13-11(14)9-3-5-10(6-4-9)18(15,16)12-7-1-2-8-17-12/h3-6H,1-2,7-8H2,(H,13,14). The van der Waals surface area contributed by atoms with Crippen LogP contribution in [-0.2, 0) is 14.9 Å². The number of benzene rings is 1. The molecule has 0 aromatic heterocycles. The zero-order valence-corrected chi connectivity index (χ0v) is 10.4. The van der Waals surface area contributed by atoms with Crippen LogP contribution >= 0.6 is 0 Å². The highest BCUT2D eigenvalue weighted by Crippen LogP contribution is 2.20. The Morgan fingerprint density at radius 1 is 1.22 bits per heavy atom. The fourth-order valence-electron chi connectivity index (χ4n) is 1.65. The molecule has 0 atom stereocenters. The highest BCUT2D eigenvalue weighted by atomic mass is 32.2. The van der Waals surface area contributed by atoms with Crippen molar-refractivity contribution in [1.82, 2.24) is 4.47 Å². The molecule has 0 spiro atoms. The largest absolute Gasteiger partial charge is 0.478 e. The summed E-state index contributed by atoms with van der Waals surface area (Å²) in [7, 11) is -3.69. The number of hydrogen-bond acceptors (Lipinski definition) is 4. The maximum Gasteiger partial charge on any atom is 0.335 e. The predicted octanol–water partition coefficient (Wildman–Crippen LogP) is 1.10. The van der Waals surface area contributed by atoms with Crippen molar-refractivity contribution in [3.8, 4) is 0 Å². The molecule has 0 amide bonds. The van der Waals surface area contributed by atoms with Crippen LogP contribution in [0.1, 0.15) is 23.2 Å². The molecule has 1 aliphatic rings. The van der Waals surface area contributed by atoms with E-state index < -0.39 is 16.0 Å². The van der Waals surface area contributed by atoms with E-state index in [0.717, 1.165) is 17.3 Å². The van der Waals surface area contributed by atoms with Gasteiger partial charge in [0.05, 0.1) is 17.1 Å². The van der Waals surface area contributed by atoms with E-state index >= 15 is 0 Å². The van der Waals surface area contributed by atoms with Crippen molar-refractivity contribution >= 4 is 16.0 Å². The van der Waals surface area contributed by atoms with Crippen molar-refractivity contribution in [1.29, 1.82) is 0 Å². The van der Waals surface area contributed by atoms with Crippen LogP contribution in [0.4, 0.5) is 0 Å². The van der Waals surface area contributed by atoms with Gasteiger partial charge in [0.25, 0.3) is 10.0 Å². The van der Waals surface area contributed by atoms with Gasteiger partial charge in [-0.3, -0.25) is 4.84 Å². The Hall–Kier alpha value is -1.44. The predicted molar refractivity (Wildman–Crippen MR) is 62.5 cm³/mol. The van der Waals surface area contributed by atoms with Gasteiger partial charge >= 0.3 is 5.97 Å². The monoisotopic (exact) mass is 271 g/mol. The topological polar surface area (TPSA) is 83.9 Å². The first kappa shape index (κ1) is 13.0. The molecular formula is C11H13NO5S. The quantitative estimate of drug-likeness (QED) is 0.890. The van der Waals surface area contributed by atoms with Crippen molar-refractivity contribution in [2.45, 2.75) is 17.7 Å². The van der Waals surface area contributed by atoms with E-state index in [1.807, 2.05) is 0 Å². The number of carboxylic acid groups (broad SMARTS) is 1. The second kappa shape index (κ2) is 5.05. The van der Waals surface area contributed by atoms with E-state index in [-0.39, 0.29) is 10.5 Å². The SMILES string of the molecule is O=C(O)c1ccc(S(=O)(=O)N2CCCCO2)cc1. The Morgan fingerprint density at radius 2 is 1.89 bits per heavy atom. The Kier molecular flexibility index (Phi) is 3.65. The number of carboxylic acids is 1. The average molecular weight is 271 g/mol. The lowest BCUT2D eigenvalue weighted by Gasteiger charge is -2.25.